The molecule has 19 heavy (non-hydrogen) atoms. The third-order valence-electron chi connectivity index (χ3n) is 3.18. The fraction of sp³-hybridized carbons (Fsp3) is 0.857. The molecule has 1 rings (SSSR count). The van der Waals surface area contributed by atoms with Crippen LogP contribution in [0.3, 0.4) is 0 Å². The first-order valence-electron chi connectivity index (χ1n) is 7.05. The van der Waals surface area contributed by atoms with Crippen molar-refractivity contribution in [2.24, 2.45) is 5.92 Å². The van der Waals surface area contributed by atoms with Crippen molar-refractivity contribution in [3.8, 4) is 0 Å². The van der Waals surface area contributed by atoms with E-state index >= 15 is 0 Å². The Morgan fingerprint density at radius 1 is 1.37 bits per heavy atom. The molecule has 0 aliphatic carbocycles. The van der Waals surface area contributed by atoms with Crippen molar-refractivity contribution in [1.82, 2.24) is 4.90 Å². The van der Waals surface area contributed by atoms with Crippen LogP contribution in [0.4, 0.5) is 0 Å². The number of nitrogens with zero attached hydrogens (tertiary/aromatic N) is 1. The maximum Gasteiger partial charge on any atom is 0.306 e. The van der Waals surface area contributed by atoms with Crippen molar-refractivity contribution in [3.63, 3.8) is 0 Å². The smallest absolute Gasteiger partial charge is 0.306 e. The van der Waals surface area contributed by atoms with E-state index in [1.807, 2.05) is 11.9 Å². The minimum Gasteiger partial charge on any atom is -0.466 e. The van der Waals surface area contributed by atoms with E-state index in [-0.39, 0.29) is 24.6 Å². The molecule has 1 fully saturated rings. The van der Waals surface area contributed by atoms with Gasteiger partial charge in [0.25, 0.3) is 0 Å². The molecular weight excluding hydrogens is 246 g/mol. The van der Waals surface area contributed by atoms with Crippen molar-refractivity contribution in [2.45, 2.75) is 32.6 Å². The Bertz CT molecular complexity index is 287. The van der Waals surface area contributed by atoms with Crippen LogP contribution < -0.4 is 0 Å². The normalized spacial score (nSPS) is 19.4. The van der Waals surface area contributed by atoms with Gasteiger partial charge in [0.15, 0.2) is 0 Å². The fourth-order valence-electron chi connectivity index (χ4n) is 2.31. The minimum absolute atomic E-state index is 0.0901. The van der Waals surface area contributed by atoms with Gasteiger partial charge in [-0.25, -0.2) is 0 Å². The summed E-state index contributed by atoms with van der Waals surface area (Å²) < 4.78 is 10.2. The Balaban J connectivity index is 2.14. The van der Waals surface area contributed by atoms with Gasteiger partial charge >= 0.3 is 5.97 Å². The Hall–Kier alpha value is -0.940. The summed E-state index contributed by atoms with van der Waals surface area (Å²) in [6.07, 6.45) is 2.73. The molecule has 1 aliphatic heterocycles. The molecule has 110 valence electrons. The highest BCUT2D eigenvalue weighted by molar-refractivity contribution is 5.84. The van der Waals surface area contributed by atoms with Crippen molar-refractivity contribution in [2.75, 3.05) is 40.0 Å². The highest BCUT2D eigenvalue weighted by Gasteiger charge is 2.17. The first kappa shape index (κ1) is 16.1. The van der Waals surface area contributed by atoms with Crippen molar-refractivity contribution in [1.29, 1.82) is 0 Å². The Kier molecular flexibility index (Phi) is 7.67. The van der Waals surface area contributed by atoms with Crippen molar-refractivity contribution >= 4 is 11.8 Å². The number of hydrogen-bond donors (Lipinski definition) is 0. The topological polar surface area (TPSA) is 55.8 Å². The van der Waals surface area contributed by atoms with Gasteiger partial charge in [-0.2, -0.15) is 0 Å². The van der Waals surface area contributed by atoms with Gasteiger partial charge in [-0.1, -0.05) is 0 Å². The third kappa shape index (κ3) is 7.28. The van der Waals surface area contributed by atoms with Crippen LogP contribution in [0.1, 0.15) is 32.6 Å². The maximum absolute atomic E-state index is 11.7. The lowest BCUT2D eigenvalue weighted by molar-refractivity contribution is -0.144. The SMILES string of the molecule is CCOC(=O)CCC(=O)CN(C)CC1CCCOC1. The van der Waals surface area contributed by atoms with Gasteiger partial charge in [-0.3, -0.25) is 14.5 Å². The van der Waals surface area contributed by atoms with E-state index in [0.717, 1.165) is 26.2 Å². The molecular formula is C14H25NO4. The van der Waals surface area contributed by atoms with Crippen molar-refractivity contribution < 1.29 is 19.1 Å². The summed E-state index contributed by atoms with van der Waals surface area (Å²) in [6.45, 7) is 5.06. The van der Waals surface area contributed by atoms with Gasteiger partial charge < -0.3 is 9.47 Å². The molecule has 0 N–H and O–H groups in total. The quantitative estimate of drug-likeness (QED) is 0.622. The third-order valence-corrected chi connectivity index (χ3v) is 3.18. The zero-order chi connectivity index (χ0) is 14.1. The van der Waals surface area contributed by atoms with Crippen LogP contribution in [-0.2, 0) is 19.1 Å². The predicted octanol–water partition coefficient (Wildman–Crippen LogP) is 1.26. The molecule has 1 atom stereocenters. The average Bonchev–Trinajstić information content (AvgIpc) is 2.38. The predicted molar refractivity (Wildman–Crippen MR) is 71.9 cm³/mol. The molecule has 5 heteroatoms. The van der Waals surface area contributed by atoms with Crippen LogP contribution in [0.5, 0.6) is 0 Å². The molecule has 0 spiro atoms. The molecule has 0 radical (unpaired) electrons. The Morgan fingerprint density at radius 2 is 2.16 bits per heavy atom. The molecule has 0 amide bonds. The molecule has 0 aromatic heterocycles. The number of likely N-dealkylation sites (N-methyl/N-ethyl adjacent to an activating group) is 1. The number of carbonyl (C=O) groups is 2. The van der Waals surface area contributed by atoms with Gasteiger partial charge in [-0.15, -0.1) is 0 Å². The van der Waals surface area contributed by atoms with Crippen molar-refractivity contribution in [3.05, 3.63) is 0 Å². The highest BCUT2D eigenvalue weighted by atomic mass is 16.5. The number of carbonyl (C=O) groups excluding carboxylic acids is 2. The highest BCUT2D eigenvalue weighted by Crippen LogP contribution is 2.14. The van der Waals surface area contributed by atoms with Crippen LogP contribution in [-0.4, -0.2) is 56.6 Å². The maximum atomic E-state index is 11.7. The number of Topliss-reactive ketones (excluding diaryl/α,β-unsaturated/α-hetero) is 1. The van der Waals surface area contributed by atoms with E-state index in [1.54, 1.807) is 6.92 Å². The number of hydrogen-bond acceptors (Lipinski definition) is 5. The number of ketones is 1. The summed E-state index contributed by atoms with van der Waals surface area (Å²) in [7, 11) is 1.94. The van der Waals surface area contributed by atoms with E-state index in [0.29, 0.717) is 19.1 Å². The fourth-order valence-corrected chi connectivity index (χ4v) is 2.31. The van der Waals surface area contributed by atoms with E-state index < -0.39 is 0 Å². The molecule has 1 aliphatic rings. The van der Waals surface area contributed by atoms with Gasteiger partial charge in [0, 0.05) is 19.6 Å². The Morgan fingerprint density at radius 3 is 2.79 bits per heavy atom. The molecule has 5 nitrogen and oxygen atoms in total. The van der Waals surface area contributed by atoms with E-state index in [9.17, 15) is 9.59 Å². The Labute approximate surface area is 115 Å². The van der Waals surface area contributed by atoms with Gasteiger partial charge in [0.2, 0.25) is 0 Å². The monoisotopic (exact) mass is 271 g/mol. The molecule has 0 aromatic carbocycles. The van der Waals surface area contributed by atoms with Gasteiger partial charge in [0.05, 0.1) is 26.2 Å². The number of esters is 1. The lowest BCUT2D eigenvalue weighted by atomic mass is 10.0. The summed E-state index contributed by atoms with van der Waals surface area (Å²) >= 11 is 0. The van der Waals surface area contributed by atoms with Gasteiger partial charge in [0.1, 0.15) is 5.78 Å². The standard InChI is InChI=1S/C14H25NO4/c1-3-19-14(17)7-6-13(16)10-15(2)9-12-5-4-8-18-11-12/h12H,3-11H2,1-2H3. The lowest BCUT2D eigenvalue weighted by Crippen LogP contribution is -2.34. The summed E-state index contributed by atoms with van der Waals surface area (Å²) in [4.78, 5) is 24.9. The van der Waals surface area contributed by atoms with Crippen LogP contribution in [0.2, 0.25) is 0 Å². The molecule has 1 heterocycles. The first-order valence-corrected chi connectivity index (χ1v) is 7.05. The largest absolute Gasteiger partial charge is 0.466 e. The van der Waals surface area contributed by atoms with Crippen LogP contribution >= 0.6 is 0 Å². The molecule has 0 saturated carbocycles. The van der Waals surface area contributed by atoms with E-state index in [4.69, 9.17) is 9.47 Å². The van der Waals surface area contributed by atoms with Crippen LogP contribution in [0.25, 0.3) is 0 Å². The second-order valence-electron chi connectivity index (χ2n) is 5.12. The first-order chi connectivity index (χ1) is 9.11. The zero-order valence-electron chi connectivity index (χ0n) is 12.0. The summed E-state index contributed by atoms with van der Waals surface area (Å²) in [5.74, 6) is 0.322. The molecule has 0 bridgehead atoms. The summed E-state index contributed by atoms with van der Waals surface area (Å²) in [5.41, 5.74) is 0. The molecule has 1 saturated heterocycles. The van der Waals surface area contributed by atoms with Gasteiger partial charge in [-0.05, 0) is 32.7 Å². The molecule has 1 unspecified atom stereocenters. The lowest BCUT2D eigenvalue weighted by Gasteiger charge is -2.26. The van der Waals surface area contributed by atoms with Crippen LogP contribution in [0, 0.1) is 5.92 Å². The zero-order valence-corrected chi connectivity index (χ0v) is 12.0. The number of rotatable bonds is 8. The second kappa shape index (κ2) is 9.04. The number of ether oxygens (including phenoxy) is 2. The minimum atomic E-state index is -0.292. The van der Waals surface area contributed by atoms with E-state index in [2.05, 4.69) is 0 Å². The average molecular weight is 271 g/mol. The summed E-state index contributed by atoms with van der Waals surface area (Å²) in [6, 6.07) is 0. The van der Waals surface area contributed by atoms with E-state index in [1.165, 1.54) is 6.42 Å². The second-order valence-corrected chi connectivity index (χ2v) is 5.12. The molecule has 0 aromatic rings. The summed E-state index contributed by atoms with van der Waals surface area (Å²) in [5, 5.41) is 0. The van der Waals surface area contributed by atoms with Crippen LogP contribution in [0.15, 0.2) is 0 Å².